The summed E-state index contributed by atoms with van der Waals surface area (Å²) < 4.78 is 2.23. The first kappa shape index (κ1) is 23.4. The van der Waals surface area contributed by atoms with Crippen LogP contribution in [-0.2, 0) is 11.3 Å². The fraction of sp³-hybridized carbons (Fsp3) is 0.435. The smallest absolute Gasteiger partial charge is 0.273 e. The van der Waals surface area contributed by atoms with Crippen LogP contribution in [0.15, 0.2) is 34.2 Å². The van der Waals surface area contributed by atoms with Gasteiger partial charge in [-0.2, -0.15) is 4.98 Å². The standard InChI is InChI=1S/C23H27N5O3S2/c1-3-11-28-21(31)19-20(25-22(33-19)27-12-5-4-6-13-27)26-23(28)32-14-18(30)24-17-9-7-16(8-10-17)15(2)29/h7-10H,3-6,11-14H2,1-2H3,(H,24,30). The highest BCUT2D eigenvalue weighted by Crippen LogP contribution is 2.29. The van der Waals surface area contributed by atoms with Gasteiger partial charge in [0, 0.05) is 30.9 Å². The molecule has 0 saturated carbocycles. The third-order valence-electron chi connectivity index (χ3n) is 5.45. The maximum absolute atomic E-state index is 13.2. The Morgan fingerprint density at radius 1 is 1.12 bits per heavy atom. The molecule has 1 N–H and O–H groups in total. The molecule has 3 heterocycles. The van der Waals surface area contributed by atoms with Gasteiger partial charge in [-0.3, -0.25) is 19.0 Å². The molecule has 0 bridgehead atoms. The van der Waals surface area contributed by atoms with Crippen LogP contribution in [0, 0.1) is 0 Å². The number of hydrogen-bond acceptors (Lipinski definition) is 8. The molecule has 1 fully saturated rings. The Balaban J connectivity index is 1.51. The van der Waals surface area contributed by atoms with Crippen LogP contribution in [0.1, 0.15) is 49.9 Å². The van der Waals surface area contributed by atoms with E-state index < -0.39 is 0 Å². The average molecular weight is 486 g/mol. The summed E-state index contributed by atoms with van der Waals surface area (Å²) in [6, 6.07) is 6.77. The maximum atomic E-state index is 13.2. The molecule has 4 rings (SSSR count). The van der Waals surface area contributed by atoms with E-state index in [1.165, 1.54) is 36.4 Å². The van der Waals surface area contributed by atoms with Gasteiger partial charge in [0.1, 0.15) is 4.70 Å². The van der Waals surface area contributed by atoms with Crippen LogP contribution in [-0.4, -0.2) is 45.1 Å². The molecule has 0 spiro atoms. The zero-order chi connectivity index (χ0) is 23.4. The van der Waals surface area contributed by atoms with E-state index in [2.05, 4.69) is 20.2 Å². The quantitative estimate of drug-likeness (QED) is 0.290. The van der Waals surface area contributed by atoms with Crippen molar-refractivity contribution in [1.29, 1.82) is 0 Å². The Hall–Kier alpha value is -2.72. The zero-order valence-electron chi connectivity index (χ0n) is 18.8. The van der Waals surface area contributed by atoms with Crippen molar-refractivity contribution in [3.8, 4) is 0 Å². The molecule has 1 aliphatic heterocycles. The SMILES string of the molecule is CCCn1c(SCC(=O)Nc2ccc(C(C)=O)cc2)nc2nc(N3CCCCC3)sc2c1=O. The van der Waals surface area contributed by atoms with E-state index in [9.17, 15) is 14.4 Å². The number of carbonyl (C=O) groups is 2. The summed E-state index contributed by atoms with van der Waals surface area (Å²) in [5.41, 5.74) is 1.58. The van der Waals surface area contributed by atoms with Crippen molar-refractivity contribution in [2.24, 2.45) is 0 Å². The summed E-state index contributed by atoms with van der Waals surface area (Å²) in [6.45, 7) is 5.96. The van der Waals surface area contributed by atoms with Crippen molar-refractivity contribution in [2.75, 3.05) is 29.1 Å². The Kier molecular flexibility index (Phi) is 7.44. The highest BCUT2D eigenvalue weighted by molar-refractivity contribution is 7.99. The number of amides is 1. The van der Waals surface area contributed by atoms with Crippen LogP contribution in [0.5, 0.6) is 0 Å². The fourth-order valence-electron chi connectivity index (χ4n) is 3.74. The number of nitrogens with zero attached hydrogens (tertiary/aromatic N) is 4. The molecule has 1 aromatic carbocycles. The Morgan fingerprint density at radius 2 is 1.85 bits per heavy atom. The van der Waals surface area contributed by atoms with Gasteiger partial charge in [0.05, 0.1) is 5.75 Å². The van der Waals surface area contributed by atoms with E-state index in [1.807, 2.05) is 6.92 Å². The van der Waals surface area contributed by atoms with Gasteiger partial charge < -0.3 is 10.2 Å². The fourth-order valence-corrected chi connectivity index (χ4v) is 5.56. The van der Waals surface area contributed by atoms with Crippen LogP contribution >= 0.6 is 23.1 Å². The highest BCUT2D eigenvalue weighted by Gasteiger charge is 2.20. The molecule has 10 heteroatoms. The van der Waals surface area contributed by atoms with Gasteiger partial charge in [-0.25, -0.2) is 4.98 Å². The minimum absolute atomic E-state index is 0.0238. The minimum atomic E-state index is -0.208. The zero-order valence-corrected chi connectivity index (χ0v) is 20.4. The van der Waals surface area contributed by atoms with Gasteiger partial charge in [0.25, 0.3) is 5.56 Å². The molecule has 33 heavy (non-hydrogen) atoms. The van der Waals surface area contributed by atoms with Gasteiger partial charge in [0.15, 0.2) is 21.7 Å². The summed E-state index contributed by atoms with van der Waals surface area (Å²) in [7, 11) is 0. The lowest BCUT2D eigenvalue weighted by molar-refractivity contribution is -0.113. The van der Waals surface area contributed by atoms with Crippen molar-refractivity contribution >= 4 is 56.0 Å². The van der Waals surface area contributed by atoms with Crippen molar-refractivity contribution in [2.45, 2.75) is 51.2 Å². The lowest BCUT2D eigenvalue weighted by Gasteiger charge is -2.25. The molecule has 1 aliphatic rings. The average Bonchev–Trinajstić information content (AvgIpc) is 3.25. The van der Waals surface area contributed by atoms with Crippen molar-refractivity contribution in [1.82, 2.24) is 14.5 Å². The third-order valence-corrected chi connectivity index (χ3v) is 7.52. The van der Waals surface area contributed by atoms with Gasteiger partial charge in [-0.05, 0) is 56.9 Å². The Labute approximate surface area is 200 Å². The largest absolute Gasteiger partial charge is 0.348 e. The van der Waals surface area contributed by atoms with Crippen LogP contribution in [0.4, 0.5) is 10.8 Å². The topological polar surface area (TPSA) is 97.2 Å². The van der Waals surface area contributed by atoms with Crippen molar-refractivity contribution in [3.05, 3.63) is 40.2 Å². The second kappa shape index (κ2) is 10.5. The first-order valence-corrected chi connectivity index (χ1v) is 13.0. The summed E-state index contributed by atoms with van der Waals surface area (Å²) in [5, 5.41) is 4.18. The molecular weight excluding hydrogens is 458 g/mol. The number of hydrogen-bond donors (Lipinski definition) is 1. The molecule has 0 radical (unpaired) electrons. The first-order valence-electron chi connectivity index (χ1n) is 11.2. The van der Waals surface area contributed by atoms with E-state index in [0.717, 1.165) is 37.5 Å². The summed E-state index contributed by atoms with van der Waals surface area (Å²) in [6.07, 6.45) is 4.29. The predicted molar refractivity (Wildman–Crippen MR) is 134 cm³/mol. The Bertz CT molecular complexity index is 1210. The van der Waals surface area contributed by atoms with Crippen LogP contribution in [0.2, 0.25) is 0 Å². The molecule has 0 unspecified atom stereocenters. The maximum Gasteiger partial charge on any atom is 0.273 e. The number of thiazole rings is 1. The molecule has 0 atom stereocenters. The number of rotatable bonds is 8. The van der Waals surface area contributed by atoms with E-state index in [1.54, 1.807) is 28.8 Å². The monoisotopic (exact) mass is 485 g/mol. The minimum Gasteiger partial charge on any atom is -0.348 e. The van der Waals surface area contributed by atoms with Crippen LogP contribution in [0.25, 0.3) is 10.3 Å². The Morgan fingerprint density at radius 3 is 2.52 bits per heavy atom. The van der Waals surface area contributed by atoms with E-state index in [0.29, 0.717) is 33.3 Å². The number of Topliss-reactive ketones (excluding diaryl/α,β-unsaturated/α-hetero) is 1. The third kappa shape index (κ3) is 5.44. The second-order valence-corrected chi connectivity index (χ2v) is 9.94. The number of piperidine rings is 1. The van der Waals surface area contributed by atoms with Gasteiger partial charge in [-0.15, -0.1) is 0 Å². The molecule has 1 saturated heterocycles. The van der Waals surface area contributed by atoms with Gasteiger partial charge in [-0.1, -0.05) is 30.0 Å². The van der Waals surface area contributed by atoms with Crippen molar-refractivity contribution < 1.29 is 9.59 Å². The molecule has 2 aromatic heterocycles. The van der Waals surface area contributed by atoms with E-state index in [-0.39, 0.29) is 23.0 Å². The first-order chi connectivity index (χ1) is 16.0. The number of aromatic nitrogens is 3. The number of nitrogens with one attached hydrogen (secondary N) is 1. The van der Waals surface area contributed by atoms with Crippen molar-refractivity contribution in [3.63, 3.8) is 0 Å². The molecule has 8 nitrogen and oxygen atoms in total. The number of ketones is 1. The molecule has 3 aromatic rings. The van der Waals surface area contributed by atoms with Gasteiger partial charge >= 0.3 is 0 Å². The van der Waals surface area contributed by atoms with Gasteiger partial charge in [0.2, 0.25) is 5.91 Å². The summed E-state index contributed by atoms with van der Waals surface area (Å²) in [4.78, 5) is 48.6. The molecule has 1 amide bonds. The molecular formula is C23H27N5O3S2. The number of benzene rings is 1. The van der Waals surface area contributed by atoms with Crippen LogP contribution < -0.4 is 15.8 Å². The van der Waals surface area contributed by atoms with E-state index >= 15 is 0 Å². The van der Waals surface area contributed by atoms with Crippen LogP contribution in [0.3, 0.4) is 0 Å². The molecule has 0 aliphatic carbocycles. The number of carbonyl (C=O) groups excluding carboxylic acids is 2. The summed E-state index contributed by atoms with van der Waals surface area (Å²) >= 11 is 2.65. The predicted octanol–water partition coefficient (Wildman–Crippen LogP) is 4.19. The highest BCUT2D eigenvalue weighted by atomic mass is 32.2. The molecule has 174 valence electrons. The number of thioether (sulfide) groups is 1. The number of anilines is 2. The lowest BCUT2D eigenvalue weighted by atomic mass is 10.1. The lowest BCUT2D eigenvalue weighted by Crippen LogP contribution is -2.29. The number of fused-ring (bicyclic) bond motifs is 1. The second-order valence-electron chi connectivity index (χ2n) is 8.02. The summed E-state index contributed by atoms with van der Waals surface area (Å²) in [5.74, 6) is -0.122. The normalized spacial score (nSPS) is 13.9. The van der Waals surface area contributed by atoms with E-state index in [4.69, 9.17) is 0 Å².